The van der Waals surface area contributed by atoms with E-state index < -0.39 is 73.9 Å². The van der Waals surface area contributed by atoms with Crippen molar-refractivity contribution < 1.29 is 59.4 Å². The Morgan fingerprint density at radius 3 is 2.41 bits per heavy atom. The maximum absolute atomic E-state index is 11.1. The smallest absolute Gasteiger partial charge is 0.335 e. The Labute approximate surface area is 152 Å². The van der Waals surface area contributed by atoms with E-state index in [1.54, 1.807) is 6.92 Å². The van der Waals surface area contributed by atoms with Crippen molar-refractivity contribution in [2.75, 3.05) is 6.61 Å². The SMILES string of the molecule is CC1=N[C@H]2[C@@H](O1)O[C@H](CO)[C@@H](O)[C@@H]2OO[C@@H]1O[C@H](C(=O)O)[C@@H](O)[C@H](O)[C@H]1O. The maximum atomic E-state index is 11.1. The molecule has 154 valence electrons. The Kier molecular flexibility index (Phi) is 5.95. The number of aliphatic hydroxyl groups is 5. The zero-order valence-electron chi connectivity index (χ0n) is 14.1. The molecule has 0 bridgehead atoms. The Morgan fingerprint density at radius 1 is 1.07 bits per heavy atom. The van der Waals surface area contributed by atoms with E-state index in [4.69, 9.17) is 29.1 Å². The minimum atomic E-state index is -1.88. The second-order valence-corrected chi connectivity index (χ2v) is 6.36. The van der Waals surface area contributed by atoms with Crippen molar-refractivity contribution in [3.8, 4) is 0 Å². The molecule has 0 saturated carbocycles. The fraction of sp³-hybridized carbons (Fsp3) is 0.857. The third-order valence-corrected chi connectivity index (χ3v) is 4.51. The summed E-state index contributed by atoms with van der Waals surface area (Å²) in [5.41, 5.74) is 0. The van der Waals surface area contributed by atoms with Gasteiger partial charge in [0.15, 0.2) is 12.0 Å². The van der Waals surface area contributed by atoms with Gasteiger partial charge in [-0.15, -0.1) is 0 Å². The van der Waals surface area contributed by atoms with Crippen LogP contribution in [0.2, 0.25) is 0 Å². The van der Waals surface area contributed by atoms with Gasteiger partial charge in [-0.25, -0.2) is 19.6 Å². The van der Waals surface area contributed by atoms with Crippen LogP contribution in [0.25, 0.3) is 0 Å². The molecule has 13 nitrogen and oxygen atoms in total. The van der Waals surface area contributed by atoms with Gasteiger partial charge in [0, 0.05) is 6.92 Å². The van der Waals surface area contributed by atoms with Crippen molar-refractivity contribution in [3.05, 3.63) is 0 Å². The largest absolute Gasteiger partial charge is 0.479 e. The van der Waals surface area contributed by atoms with Crippen molar-refractivity contribution in [2.45, 2.75) is 68.3 Å². The molecule has 0 amide bonds. The molecule has 0 aromatic heterocycles. The molecule has 3 heterocycles. The highest BCUT2D eigenvalue weighted by Gasteiger charge is 2.52. The average Bonchev–Trinajstić information content (AvgIpc) is 2.99. The van der Waals surface area contributed by atoms with Crippen LogP contribution >= 0.6 is 0 Å². The number of hydrogen-bond acceptors (Lipinski definition) is 12. The summed E-state index contributed by atoms with van der Waals surface area (Å²) in [5.74, 6) is -1.33. The van der Waals surface area contributed by atoms with Crippen LogP contribution in [0.15, 0.2) is 4.99 Å². The number of fused-ring (bicyclic) bond motifs is 1. The van der Waals surface area contributed by atoms with E-state index in [-0.39, 0.29) is 5.90 Å². The Hall–Kier alpha value is -1.42. The molecule has 3 rings (SSSR count). The highest BCUT2D eigenvalue weighted by molar-refractivity contribution is 5.75. The number of aliphatic imine (C=N–C) groups is 1. The van der Waals surface area contributed by atoms with Crippen molar-refractivity contribution >= 4 is 11.9 Å². The number of rotatable bonds is 5. The van der Waals surface area contributed by atoms with Crippen LogP contribution in [0.5, 0.6) is 0 Å². The van der Waals surface area contributed by atoms with Gasteiger partial charge in [-0.1, -0.05) is 0 Å². The first-order valence-corrected chi connectivity index (χ1v) is 8.14. The first kappa shape index (κ1) is 20.3. The summed E-state index contributed by atoms with van der Waals surface area (Å²) in [5, 5.41) is 58.0. The summed E-state index contributed by atoms with van der Waals surface area (Å²) in [6, 6.07) is -0.866. The summed E-state index contributed by atoms with van der Waals surface area (Å²) in [6.45, 7) is 0.990. The van der Waals surface area contributed by atoms with Crippen LogP contribution < -0.4 is 0 Å². The molecule has 2 fully saturated rings. The third kappa shape index (κ3) is 3.78. The van der Waals surface area contributed by atoms with Gasteiger partial charge in [0.2, 0.25) is 12.6 Å². The van der Waals surface area contributed by atoms with Gasteiger partial charge in [-0.2, -0.15) is 0 Å². The minimum Gasteiger partial charge on any atom is -0.479 e. The normalized spacial score (nSPS) is 47.1. The lowest BCUT2D eigenvalue weighted by Gasteiger charge is -2.41. The number of aliphatic hydroxyl groups excluding tert-OH is 5. The first-order valence-electron chi connectivity index (χ1n) is 8.14. The molecule has 10 atom stereocenters. The molecule has 0 aliphatic carbocycles. The topological polar surface area (TPSA) is 197 Å². The maximum Gasteiger partial charge on any atom is 0.335 e. The number of carbonyl (C=O) groups is 1. The van der Waals surface area contributed by atoms with Gasteiger partial charge >= 0.3 is 5.97 Å². The lowest BCUT2D eigenvalue weighted by molar-refractivity contribution is -0.452. The lowest BCUT2D eigenvalue weighted by atomic mass is 9.98. The number of nitrogens with zero attached hydrogens (tertiary/aromatic N) is 1. The van der Waals surface area contributed by atoms with E-state index in [1.165, 1.54) is 0 Å². The monoisotopic (exact) mass is 395 g/mol. The van der Waals surface area contributed by atoms with Crippen LogP contribution in [0, 0.1) is 0 Å². The van der Waals surface area contributed by atoms with Gasteiger partial charge in [0.1, 0.15) is 42.7 Å². The number of carboxylic acid groups (broad SMARTS) is 1. The van der Waals surface area contributed by atoms with Crippen LogP contribution in [-0.2, 0) is 28.8 Å². The Balaban J connectivity index is 1.70. The molecule has 13 heteroatoms. The van der Waals surface area contributed by atoms with E-state index in [0.717, 1.165) is 0 Å². The van der Waals surface area contributed by atoms with Crippen molar-refractivity contribution in [1.29, 1.82) is 0 Å². The van der Waals surface area contributed by atoms with Crippen LogP contribution in [0.3, 0.4) is 0 Å². The van der Waals surface area contributed by atoms with E-state index in [1.807, 2.05) is 0 Å². The lowest BCUT2D eigenvalue weighted by Crippen LogP contribution is -2.61. The number of ether oxygens (including phenoxy) is 3. The molecular formula is C14H21NO12. The fourth-order valence-corrected chi connectivity index (χ4v) is 3.06. The highest BCUT2D eigenvalue weighted by atomic mass is 17.2. The van der Waals surface area contributed by atoms with Gasteiger partial charge in [0.05, 0.1) is 6.61 Å². The highest BCUT2D eigenvalue weighted by Crippen LogP contribution is 2.31. The third-order valence-electron chi connectivity index (χ3n) is 4.51. The summed E-state index contributed by atoms with van der Waals surface area (Å²) in [4.78, 5) is 25.2. The molecule has 6 N–H and O–H groups in total. The zero-order valence-corrected chi connectivity index (χ0v) is 14.1. The van der Waals surface area contributed by atoms with Gasteiger partial charge < -0.3 is 44.8 Å². The molecule has 3 aliphatic rings. The average molecular weight is 395 g/mol. The molecule has 0 aromatic rings. The van der Waals surface area contributed by atoms with Crippen LogP contribution in [-0.4, -0.2) is 110 Å². The summed E-state index contributed by atoms with van der Waals surface area (Å²) >= 11 is 0. The summed E-state index contributed by atoms with van der Waals surface area (Å²) < 4.78 is 15.6. The predicted molar refractivity (Wildman–Crippen MR) is 80.0 cm³/mol. The quantitative estimate of drug-likeness (QED) is 0.196. The fourth-order valence-electron chi connectivity index (χ4n) is 3.06. The standard InChI is InChI=1S/C14H21NO12/c1-3-15-5-10(6(17)4(2-16)24-13(5)23-3)26-27-14-9(20)7(18)8(19)11(25-14)12(21)22/h4-11,13-14,16-20H,2H2,1H3,(H,21,22)/t4-,5-,6-,7+,8+,9-,10-,11+,13+,14+/m1/s1. The van der Waals surface area contributed by atoms with E-state index in [9.17, 15) is 30.3 Å². The molecule has 0 unspecified atom stereocenters. The molecular weight excluding hydrogens is 374 g/mol. The van der Waals surface area contributed by atoms with Crippen molar-refractivity contribution in [1.82, 2.24) is 0 Å². The van der Waals surface area contributed by atoms with Crippen LogP contribution in [0.4, 0.5) is 0 Å². The number of carboxylic acids is 1. The van der Waals surface area contributed by atoms with Crippen molar-refractivity contribution in [3.63, 3.8) is 0 Å². The Bertz CT molecular complexity index is 586. The first-order chi connectivity index (χ1) is 12.7. The van der Waals surface area contributed by atoms with Gasteiger partial charge in [-0.05, 0) is 0 Å². The molecule has 0 aromatic carbocycles. The predicted octanol–water partition coefficient (Wildman–Crippen LogP) is -3.91. The minimum absolute atomic E-state index is 0.253. The van der Waals surface area contributed by atoms with E-state index in [0.29, 0.717) is 0 Å². The number of aliphatic carboxylic acids is 1. The summed E-state index contributed by atoms with van der Waals surface area (Å²) in [7, 11) is 0. The zero-order chi connectivity index (χ0) is 19.9. The van der Waals surface area contributed by atoms with Gasteiger partial charge in [0.25, 0.3) is 0 Å². The van der Waals surface area contributed by atoms with Gasteiger partial charge in [-0.3, -0.25) is 0 Å². The Morgan fingerprint density at radius 2 is 1.78 bits per heavy atom. The van der Waals surface area contributed by atoms with E-state index >= 15 is 0 Å². The number of hydrogen-bond donors (Lipinski definition) is 6. The van der Waals surface area contributed by atoms with Crippen molar-refractivity contribution in [2.24, 2.45) is 4.99 Å². The molecule has 3 aliphatic heterocycles. The van der Waals surface area contributed by atoms with E-state index in [2.05, 4.69) is 4.99 Å². The van der Waals surface area contributed by atoms with Crippen LogP contribution in [0.1, 0.15) is 6.92 Å². The molecule has 27 heavy (non-hydrogen) atoms. The molecule has 2 saturated heterocycles. The second-order valence-electron chi connectivity index (χ2n) is 6.36. The molecule has 0 radical (unpaired) electrons. The molecule has 0 spiro atoms. The second kappa shape index (κ2) is 7.90. The summed E-state index contributed by atoms with van der Waals surface area (Å²) in [6.07, 6.45) is -13.9.